The number of carbonyl (C=O) groups is 1. The van der Waals surface area contributed by atoms with E-state index in [1.165, 1.54) is 28.4 Å². The number of carbonyl (C=O) groups excluding carboxylic acids is 1. The van der Waals surface area contributed by atoms with Crippen LogP contribution in [0.25, 0.3) is 21.8 Å². The molecule has 0 fully saturated rings. The molecule has 9 heteroatoms. The highest BCUT2D eigenvalue weighted by Gasteiger charge is 2.22. The van der Waals surface area contributed by atoms with Gasteiger partial charge in [0.2, 0.25) is 5.78 Å². The minimum atomic E-state index is -0.197. The zero-order valence-corrected chi connectivity index (χ0v) is 13.2. The fourth-order valence-electron chi connectivity index (χ4n) is 2.74. The predicted octanol–water partition coefficient (Wildman–Crippen LogP) is 1.92. The molecule has 0 bridgehead atoms. The van der Waals surface area contributed by atoms with Crippen molar-refractivity contribution < 1.29 is 4.79 Å². The smallest absolute Gasteiger partial charge is 0.271 e. The van der Waals surface area contributed by atoms with Gasteiger partial charge in [0, 0.05) is 5.69 Å². The molecular formula is C15H9N7OS. The molecule has 8 nitrogen and oxygen atoms in total. The fourth-order valence-corrected chi connectivity index (χ4v) is 3.83. The number of para-hydroxylation sites is 2. The predicted molar refractivity (Wildman–Crippen MR) is 87.3 cm³/mol. The van der Waals surface area contributed by atoms with E-state index in [-0.39, 0.29) is 11.5 Å². The van der Waals surface area contributed by atoms with E-state index in [4.69, 9.17) is 0 Å². The molecule has 0 atom stereocenters. The molecule has 0 radical (unpaired) electrons. The van der Waals surface area contributed by atoms with Crippen LogP contribution in [0.5, 0.6) is 0 Å². The quantitative estimate of drug-likeness (QED) is 0.458. The molecule has 0 saturated heterocycles. The van der Waals surface area contributed by atoms with Crippen molar-refractivity contribution in [1.82, 2.24) is 34.2 Å². The van der Waals surface area contributed by atoms with E-state index in [0.717, 1.165) is 21.7 Å². The van der Waals surface area contributed by atoms with Gasteiger partial charge in [-0.05, 0) is 19.1 Å². The lowest BCUT2D eigenvalue weighted by molar-refractivity contribution is 0.103. The van der Waals surface area contributed by atoms with Gasteiger partial charge < -0.3 is 0 Å². The van der Waals surface area contributed by atoms with Crippen LogP contribution in [-0.4, -0.2) is 40.0 Å². The average molecular weight is 335 g/mol. The largest absolute Gasteiger partial charge is 0.287 e. The number of benzene rings is 1. The summed E-state index contributed by atoms with van der Waals surface area (Å²) in [6.07, 6.45) is 2.91. The topological polar surface area (TPSA) is 90.3 Å². The first-order chi connectivity index (χ1) is 11.7. The minimum Gasteiger partial charge on any atom is -0.287 e. The lowest BCUT2D eigenvalue weighted by atomic mass is 10.2. The van der Waals surface area contributed by atoms with Gasteiger partial charge in [-0.2, -0.15) is 10.1 Å². The highest BCUT2D eigenvalue weighted by atomic mass is 32.1. The number of aromatic nitrogens is 7. The van der Waals surface area contributed by atoms with Gasteiger partial charge in [-0.15, -0.1) is 10.2 Å². The molecule has 24 heavy (non-hydrogen) atoms. The molecule has 0 aliphatic heterocycles. The van der Waals surface area contributed by atoms with Crippen molar-refractivity contribution in [3.05, 3.63) is 53.1 Å². The summed E-state index contributed by atoms with van der Waals surface area (Å²) >= 11 is 1.35. The van der Waals surface area contributed by atoms with Crippen LogP contribution < -0.4 is 0 Å². The Morgan fingerprint density at radius 2 is 2.08 bits per heavy atom. The molecule has 5 aromatic rings. The lowest BCUT2D eigenvalue weighted by Crippen LogP contribution is -2.08. The van der Waals surface area contributed by atoms with Crippen LogP contribution in [0.4, 0.5) is 0 Å². The van der Waals surface area contributed by atoms with Crippen LogP contribution in [0.15, 0.2) is 36.8 Å². The first-order valence-corrected chi connectivity index (χ1v) is 7.98. The maximum atomic E-state index is 12.8. The number of hydrogen-bond donors (Lipinski definition) is 0. The zero-order valence-electron chi connectivity index (χ0n) is 12.4. The molecule has 1 aromatic carbocycles. The first-order valence-electron chi connectivity index (χ1n) is 7.17. The molecule has 4 aromatic heterocycles. The van der Waals surface area contributed by atoms with Crippen LogP contribution in [-0.2, 0) is 0 Å². The number of nitrogens with zero attached hydrogens (tertiary/aromatic N) is 7. The van der Waals surface area contributed by atoms with E-state index in [1.54, 1.807) is 0 Å². The van der Waals surface area contributed by atoms with Crippen LogP contribution in [0.3, 0.4) is 0 Å². The van der Waals surface area contributed by atoms with Crippen molar-refractivity contribution in [1.29, 1.82) is 0 Å². The van der Waals surface area contributed by atoms with Gasteiger partial charge in [0.15, 0.2) is 10.7 Å². The van der Waals surface area contributed by atoms with Crippen LogP contribution in [0, 0.1) is 6.92 Å². The van der Waals surface area contributed by atoms with Crippen LogP contribution >= 0.6 is 11.3 Å². The molecule has 5 rings (SSSR count). The van der Waals surface area contributed by atoms with Crippen molar-refractivity contribution in [3.8, 4) is 0 Å². The Morgan fingerprint density at radius 3 is 3.00 bits per heavy atom. The van der Waals surface area contributed by atoms with Crippen molar-refractivity contribution in [2.24, 2.45) is 0 Å². The van der Waals surface area contributed by atoms with E-state index in [0.29, 0.717) is 10.7 Å². The molecule has 116 valence electrons. The zero-order chi connectivity index (χ0) is 16.3. The van der Waals surface area contributed by atoms with Crippen molar-refractivity contribution in [3.63, 3.8) is 0 Å². The van der Waals surface area contributed by atoms with Gasteiger partial charge in [-0.3, -0.25) is 9.20 Å². The summed E-state index contributed by atoms with van der Waals surface area (Å²) in [7, 11) is 0. The maximum Gasteiger partial charge on any atom is 0.271 e. The Labute approximate surface area is 138 Å². The monoisotopic (exact) mass is 335 g/mol. The third-order valence-corrected chi connectivity index (χ3v) is 5.01. The molecular weight excluding hydrogens is 326 g/mol. The molecule has 0 spiro atoms. The standard InChI is InChI=1S/C15H9N7OS/c1-8-13(12(23)10-6-21-14(20-19-10)16-7-17-21)24-15-18-9-4-2-3-5-11(9)22(8)15/h2-7H,1H3. The van der Waals surface area contributed by atoms with Gasteiger partial charge in [0.1, 0.15) is 11.2 Å². The molecule has 4 heterocycles. The number of aryl methyl sites for hydroxylation is 1. The molecule has 0 aliphatic carbocycles. The van der Waals surface area contributed by atoms with Crippen molar-refractivity contribution >= 4 is 38.9 Å². The molecule has 0 unspecified atom stereocenters. The van der Waals surface area contributed by atoms with E-state index in [9.17, 15) is 4.79 Å². The number of hydrogen-bond acceptors (Lipinski definition) is 7. The summed E-state index contributed by atoms with van der Waals surface area (Å²) in [5.41, 5.74) is 2.96. The number of rotatable bonds is 2. The Bertz CT molecular complexity index is 1250. The lowest BCUT2D eigenvalue weighted by Gasteiger charge is -1.99. The highest BCUT2D eigenvalue weighted by molar-refractivity contribution is 7.19. The second-order valence-electron chi connectivity index (χ2n) is 5.28. The Kier molecular flexibility index (Phi) is 2.57. The minimum absolute atomic E-state index is 0.197. The summed E-state index contributed by atoms with van der Waals surface area (Å²) in [6, 6.07) is 7.85. The summed E-state index contributed by atoms with van der Waals surface area (Å²) < 4.78 is 3.43. The third kappa shape index (κ3) is 1.72. The van der Waals surface area contributed by atoms with Crippen LogP contribution in [0.1, 0.15) is 21.1 Å². The third-order valence-electron chi connectivity index (χ3n) is 3.87. The van der Waals surface area contributed by atoms with Crippen molar-refractivity contribution in [2.75, 3.05) is 0 Å². The molecule has 0 saturated carbocycles. The number of imidazole rings is 1. The van der Waals surface area contributed by atoms with Gasteiger partial charge in [-0.1, -0.05) is 23.5 Å². The van der Waals surface area contributed by atoms with Gasteiger partial charge >= 0.3 is 0 Å². The molecule has 0 aliphatic rings. The second kappa shape index (κ2) is 4.65. The number of ketones is 1. The maximum absolute atomic E-state index is 12.8. The SMILES string of the molecule is Cc1c(C(=O)c2cn3ncnc3nn2)sc2nc3ccccc3n12. The average Bonchev–Trinajstić information content (AvgIpc) is 3.28. The summed E-state index contributed by atoms with van der Waals surface area (Å²) in [4.78, 5) is 22.7. The Hall–Kier alpha value is -3.20. The number of fused-ring (bicyclic) bond motifs is 4. The van der Waals surface area contributed by atoms with E-state index < -0.39 is 0 Å². The van der Waals surface area contributed by atoms with Gasteiger partial charge in [-0.25, -0.2) is 9.50 Å². The highest BCUT2D eigenvalue weighted by Crippen LogP contribution is 2.28. The summed E-state index contributed by atoms with van der Waals surface area (Å²) in [6.45, 7) is 1.91. The Morgan fingerprint density at radius 1 is 1.21 bits per heavy atom. The fraction of sp³-hybridized carbons (Fsp3) is 0.0667. The number of thiazole rings is 1. The summed E-state index contributed by atoms with van der Waals surface area (Å²) in [5, 5.41) is 11.9. The second-order valence-corrected chi connectivity index (χ2v) is 6.26. The van der Waals surface area contributed by atoms with Crippen molar-refractivity contribution in [2.45, 2.75) is 6.92 Å². The van der Waals surface area contributed by atoms with E-state index >= 15 is 0 Å². The normalized spacial score (nSPS) is 11.7. The van der Waals surface area contributed by atoms with Gasteiger partial charge in [0.25, 0.3) is 5.78 Å². The Balaban J connectivity index is 1.70. The summed E-state index contributed by atoms with van der Waals surface area (Å²) in [5.74, 6) is 0.159. The first kappa shape index (κ1) is 13.3. The van der Waals surface area contributed by atoms with E-state index in [1.807, 2.05) is 35.6 Å². The van der Waals surface area contributed by atoms with Gasteiger partial charge in [0.05, 0.1) is 17.2 Å². The molecule has 0 N–H and O–H groups in total. The van der Waals surface area contributed by atoms with Crippen LogP contribution in [0.2, 0.25) is 0 Å². The van der Waals surface area contributed by atoms with E-state index in [2.05, 4.69) is 25.3 Å². The molecule has 0 amide bonds.